The second kappa shape index (κ2) is 6.97. The van der Waals surface area contributed by atoms with Crippen molar-refractivity contribution in [2.24, 2.45) is 0 Å². The summed E-state index contributed by atoms with van der Waals surface area (Å²) in [7, 11) is 0. The molecule has 24 heavy (non-hydrogen) atoms. The second-order valence-electron chi connectivity index (χ2n) is 6.19. The van der Waals surface area contributed by atoms with Crippen LogP contribution >= 0.6 is 0 Å². The van der Waals surface area contributed by atoms with Gasteiger partial charge in [0.15, 0.2) is 0 Å². The highest BCUT2D eigenvalue weighted by molar-refractivity contribution is 5.84. The van der Waals surface area contributed by atoms with E-state index in [0.717, 1.165) is 42.7 Å². The zero-order valence-corrected chi connectivity index (χ0v) is 13.6. The normalized spacial score (nSPS) is 15.5. The van der Waals surface area contributed by atoms with Crippen LogP contribution in [0.5, 0.6) is 5.88 Å². The first-order valence-electron chi connectivity index (χ1n) is 8.53. The minimum atomic E-state index is 0.435. The van der Waals surface area contributed by atoms with Crippen LogP contribution in [0.2, 0.25) is 0 Å². The number of rotatable bonds is 4. The van der Waals surface area contributed by atoms with Gasteiger partial charge in [0.25, 0.3) is 0 Å². The molecule has 122 valence electrons. The van der Waals surface area contributed by atoms with Gasteiger partial charge >= 0.3 is 0 Å². The number of aromatic nitrogens is 2. The van der Waals surface area contributed by atoms with E-state index in [1.165, 1.54) is 5.39 Å². The summed E-state index contributed by atoms with van der Waals surface area (Å²) in [5.74, 6) is 1.21. The van der Waals surface area contributed by atoms with Crippen LogP contribution in [0, 0.1) is 0 Å². The Morgan fingerprint density at radius 1 is 1.00 bits per heavy atom. The Morgan fingerprint density at radius 3 is 2.79 bits per heavy atom. The van der Waals surface area contributed by atoms with E-state index >= 15 is 0 Å². The van der Waals surface area contributed by atoms with Gasteiger partial charge < -0.3 is 10.1 Å². The van der Waals surface area contributed by atoms with Crippen LogP contribution in [0.1, 0.15) is 30.1 Å². The number of nitrogens with zero attached hydrogens (tertiary/aromatic N) is 2. The van der Waals surface area contributed by atoms with Gasteiger partial charge in [0.2, 0.25) is 5.88 Å². The van der Waals surface area contributed by atoms with Gasteiger partial charge in [-0.05, 0) is 43.5 Å². The van der Waals surface area contributed by atoms with Gasteiger partial charge in [0.05, 0.1) is 5.69 Å². The SMILES string of the molecule is c1cc(OCc2nccc3ccccc23)nc(C2CCNCC2)c1. The molecule has 2 aromatic heterocycles. The lowest BCUT2D eigenvalue weighted by Crippen LogP contribution is -2.27. The first kappa shape index (κ1) is 15.1. The van der Waals surface area contributed by atoms with Crippen molar-refractivity contribution in [3.8, 4) is 5.88 Å². The smallest absolute Gasteiger partial charge is 0.213 e. The predicted octanol–water partition coefficient (Wildman–Crippen LogP) is 3.68. The molecule has 1 saturated heterocycles. The van der Waals surface area contributed by atoms with E-state index in [9.17, 15) is 0 Å². The molecule has 0 atom stereocenters. The minimum Gasteiger partial charge on any atom is -0.471 e. The molecule has 4 heteroatoms. The number of hydrogen-bond donors (Lipinski definition) is 1. The molecular weight excluding hydrogens is 298 g/mol. The van der Waals surface area contributed by atoms with Gasteiger partial charge in [0.1, 0.15) is 6.61 Å². The largest absolute Gasteiger partial charge is 0.471 e. The summed E-state index contributed by atoms with van der Waals surface area (Å²) in [6, 6.07) is 16.3. The van der Waals surface area contributed by atoms with Crippen LogP contribution in [0.3, 0.4) is 0 Å². The maximum atomic E-state index is 5.94. The Balaban J connectivity index is 1.51. The molecule has 0 radical (unpaired) electrons. The van der Waals surface area contributed by atoms with E-state index in [4.69, 9.17) is 9.72 Å². The molecule has 0 amide bonds. The quantitative estimate of drug-likeness (QED) is 0.797. The van der Waals surface area contributed by atoms with Crippen LogP contribution in [0.15, 0.2) is 54.7 Å². The van der Waals surface area contributed by atoms with Crippen molar-refractivity contribution in [1.82, 2.24) is 15.3 Å². The van der Waals surface area contributed by atoms with Crippen molar-refractivity contribution in [1.29, 1.82) is 0 Å². The third-order valence-corrected chi connectivity index (χ3v) is 4.62. The molecule has 1 aliphatic heterocycles. The Hall–Kier alpha value is -2.46. The zero-order valence-electron chi connectivity index (χ0n) is 13.6. The number of benzene rings is 1. The van der Waals surface area contributed by atoms with Gasteiger partial charge in [0, 0.05) is 29.3 Å². The molecule has 0 unspecified atom stereocenters. The van der Waals surface area contributed by atoms with E-state index < -0.39 is 0 Å². The maximum absolute atomic E-state index is 5.94. The summed E-state index contributed by atoms with van der Waals surface area (Å²) in [6.45, 7) is 2.57. The summed E-state index contributed by atoms with van der Waals surface area (Å²) < 4.78 is 5.94. The monoisotopic (exact) mass is 319 g/mol. The molecule has 1 aromatic carbocycles. The summed E-state index contributed by atoms with van der Waals surface area (Å²) in [5, 5.41) is 5.71. The number of hydrogen-bond acceptors (Lipinski definition) is 4. The van der Waals surface area contributed by atoms with E-state index in [-0.39, 0.29) is 0 Å². The van der Waals surface area contributed by atoms with Crippen LogP contribution < -0.4 is 10.1 Å². The van der Waals surface area contributed by atoms with Crippen molar-refractivity contribution in [2.75, 3.05) is 13.1 Å². The lowest BCUT2D eigenvalue weighted by Gasteiger charge is -2.22. The molecule has 1 aliphatic rings. The number of nitrogens with one attached hydrogen (secondary N) is 1. The van der Waals surface area contributed by atoms with Crippen LogP contribution in [0.4, 0.5) is 0 Å². The molecule has 3 heterocycles. The first-order valence-corrected chi connectivity index (χ1v) is 8.53. The summed E-state index contributed by atoms with van der Waals surface area (Å²) in [6.07, 6.45) is 4.11. The third kappa shape index (κ3) is 3.24. The van der Waals surface area contributed by atoms with Gasteiger partial charge in [-0.15, -0.1) is 0 Å². The summed E-state index contributed by atoms with van der Waals surface area (Å²) in [5.41, 5.74) is 2.09. The number of pyridine rings is 2. The molecule has 3 aromatic rings. The van der Waals surface area contributed by atoms with Crippen molar-refractivity contribution >= 4 is 10.8 Å². The van der Waals surface area contributed by atoms with Crippen LogP contribution in [-0.2, 0) is 6.61 Å². The standard InChI is InChI=1S/C20H21N3O/c1-2-5-17-15(4-1)10-13-22-19(17)14-24-20-7-3-6-18(23-20)16-8-11-21-12-9-16/h1-7,10,13,16,21H,8-9,11-12,14H2. The molecule has 1 N–H and O–H groups in total. The number of piperidine rings is 1. The highest BCUT2D eigenvalue weighted by atomic mass is 16.5. The van der Waals surface area contributed by atoms with E-state index in [2.05, 4.69) is 28.5 Å². The topological polar surface area (TPSA) is 47.0 Å². The number of fused-ring (bicyclic) bond motifs is 1. The molecule has 0 bridgehead atoms. The fraction of sp³-hybridized carbons (Fsp3) is 0.300. The lowest BCUT2D eigenvalue weighted by atomic mass is 9.94. The highest BCUT2D eigenvalue weighted by Gasteiger charge is 2.16. The molecule has 1 fully saturated rings. The Morgan fingerprint density at radius 2 is 1.88 bits per heavy atom. The molecule has 4 nitrogen and oxygen atoms in total. The van der Waals surface area contributed by atoms with Gasteiger partial charge in [-0.2, -0.15) is 0 Å². The number of ether oxygens (including phenoxy) is 1. The minimum absolute atomic E-state index is 0.435. The Bertz CT molecular complexity index is 822. The van der Waals surface area contributed by atoms with Crippen LogP contribution in [-0.4, -0.2) is 23.1 Å². The molecule has 0 aliphatic carbocycles. The van der Waals surface area contributed by atoms with Crippen LogP contribution in [0.25, 0.3) is 10.8 Å². The Kier molecular flexibility index (Phi) is 4.38. The third-order valence-electron chi connectivity index (χ3n) is 4.62. The fourth-order valence-electron chi connectivity index (χ4n) is 3.30. The molecule has 0 saturated carbocycles. The van der Waals surface area contributed by atoms with E-state index in [1.54, 1.807) is 0 Å². The van der Waals surface area contributed by atoms with Crippen molar-refractivity contribution in [2.45, 2.75) is 25.4 Å². The average Bonchev–Trinajstić information content (AvgIpc) is 2.67. The Labute approximate surface area is 141 Å². The maximum Gasteiger partial charge on any atom is 0.213 e. The summed E-state index contributed by atoms with van der Waals surface area (Å²) in [4.78, 5) is 9.19. The van der Waals surface area contributed by atoms with E-state index in [1.807, 2.05) is 36.5 Å². The molecule has 0 spiro atoms. The summed E-state index contributed by atoms with van der Waals surface area (Å²) >= 11 is 0. The average molecular weight is 319 g/mol. The zero-order chi connectivity index (χ0) is 16.2. The highest BCUT2D eigenvalue weighted by Crippen LogP contribution is 2.25. The molecular formula is C20H21N3O. The van der Waals surface area contributed by atoms with Crippen molar-refractivity contribution in [3.63, 3.8) is 0 Å². The van der Waals surface area contributed by atoms with Crippen molar-refractivity contribution < 1.29 is 4.74 Å². The van der Waals surface area contributed by atoms with E-state index in [0.29, 0.717) is 18.4 Å². The van der Waals surface area contributed by atoms with Gasteiger partial charge in [-0.3, -0.25) is 4.98 Å². The van der Waals surface area contributed by atoms with Gasteiger partial charge in [-0.25, -0.2) is 4.98 Å². The predicted molar refractivity (Wildman–Crippen MR) is 95.2 cm³/mol. The van der Waals surface area contributed by atoms with Gasteiger partial charge in [-0.1, -0.05) is 30.3 Å². The second-order valence-corrected chi connectivity index (χ2v) is 6.19. The fourth-order valence-corrected chi connectivity index (χ4v) is 3.30. The lowest BCUT2D eigenvalue weighted by molar-refractivity contribution is 0.288. The first-order chi connectivity index (χ1) is 11.9. The molecule has 4 rings (SSSR count). The van der Waals surface area contributed by atoms with Crippen molar-refractivity contribution in [3.05, 3.63) is 66.1 Å².